The summed E-state index contributed by atoms with van der Waals surface area (Å²) in [7, 11) is 4.59. The van der Waals surface area contributed by atoms with Crippen molar-refractivity contribution < 1.29 is 19.0 Å². The third-order valence-corrected chi connectivity index (χ3v) is 4.42. The Morgan fingerprint density at radius 2 is 1.89 bits per heavy atom. The second-order valence-corrected chi connectivity index (χ2v) is 5.98. The normalized spacial score (nSPS) is 14.0. The van der Waals surface area contributed by atoms with Crippen LogP contribution in [0.4, 0.5) is 5.69 Å². The van der Waals surface area contributed by atoms with E-state index in [-0.39, 0.29) is 11.9 Å². The van der Waals surface area contributed by atoms with Crippen molar-refractivity contribution in [2.75, 3.05) is 26.6 Å². The summed E-state index contributed by atoms with van der Waals surface area (Å²) in [6, 6.07) is 9.27. The molecule has 28 heavy (non-hydrogen) atoms. The van der Waals surface area contributed by atoms with Crippen LogP contribution in [0.5, 0.6) is 17.6 Å². The molecule has 0 unspecified atom stereocenters. The van der Waals surface area contributed by atoms with E-state index < -0.39 is 0 Å². The first-order chi connectivity index (χ1) is 13.6. The molecular weight excluding hydrogens is 360 g/mol. The molecular formula is C20H18N4O4. The van der Waals surface area contributed by atoms with Crippen molar-refractivity contribution in [1.29, 1.82) is 0 Å². The molecule has 1 aromatic carbocycles. The molecule has 3 heterocycles. The number of carbonyl (C=O) groups excluding carboxylic acids is 1. The molecule has 4 rings (SSSR count). The van der Waals surface area contributed by atoms with E-state index in [9.17, 15) is 4.79 Å². The molecule has 142 valence electrons. The minimum atomic E-state index is -0.202. The number of benzene rings is 1. The van der Waals surface area contributed by atoms with Crippen LogP contribution in [0.2, 0.25) is 0 Å². The summed E-state index contributed by atoms with van der Waals surface area (Å²) in [6.07, 6.45) is 3.52. The van der Waals surface area contributed by atoms with Crippen molar-refractivity contribution in [2.24, 2.45) is 0 Å². The fraction of sp³-hybridized carbons (Fsp3) is 0.150. The van der Waals surface area contributed by atoms with Gasteiger partial charge in [-0.1, -0.05) is 12.1 Å². The van der Waals surface area contributed by atoms with E-state index in [1.54, 1.807) is 31.5 Å². The lowest BCUT2D eigenvalue weighted by atomic mass is 9.97. The van der Waals surface area contributed by atoms with Crippen LogP contribution in [0.3, 0.4) is 0 Å². The lowest BCUT2D eigenvalue weighted by molar-refractivity contribution is -0.110. The maximum atomic E-state index is 12.7. The van der Waals surface area contributed by atoms with E-state index in [1.165, 1.54) is 14.2 Å². The molecule has 0 spiro atoms. The van der Waals surface area contributed by atoms with E-state index in [4.69, 9.17) is 14.2 Å². The zero-order valence-corrected chi connectivity index (χ0v) is 15.6. The maximum Gasteiger partial charge on any atom is 0.320 e. The van der Waals surface area contributed by atoms with Gasteiger partial charge in [0.15, 0.2) is 0 Å². The topological polar surface area (TPSA) is 98.4 Å². The summed E-state index contributed by atoms with van der Waals surface area (Å²) in [4.78, 5) is 24.3. The van der Waals surface area contributed by atoms with Crippen molar-refractivity contribution >= 4 is 23.2 Å². The molecule has 2 aromatic heterocycles. The van der Waals surface area contributed by atoms with Gasteiger partial charge >= 0.3 is 6.01 Å². The number of aromatic nitrogens is 3. The fourth-order valence-electron chi connectivity index (χ4n) is 3.14. The molecule has 0 bridgehead atoms. The molecule has 1 amide bonds. The number of amides is 1. The summed E-state index contributed by atoms with van der Waals surface area (Å²) >= 11 is 0. The molecule has 1 aliphatic heterocycles. The number of anilines is 1. The van der Waals surface area contributed by atoms with Crippen molar-refractivity contribution in [1.82, 2.24) is 15.0 Å². The van der Waals surface area contributed by atoms with E-state index in [1.807, 2.05) is 18.2 Å². The molecule has 2 N–H and O–H groups in total. The van der Waals surface area contributed by atoms with Crippen molar-refractivity contribution in [3.05, 3.63) is 47.8 Å². The lowest BCUT2D eigenvalue weighted by Crippen LogP contribution is -2.03. The standard InChI is InChI=1S/C20H18N4O4/c1-26-16-7-8-21-15(16)9-12-18-11(5-4-6-13(18)22-19(12)25)14-10-17(27-2)24-20(23-14)28-3/h4-10,21H,1-3H3,(H,22,25)/b12-9-. The number of nitrogens with zero attached hydrogens (tertiary/aromatic N) is 2. The van der Waals surface area contributed by atoms with Gasteiger partial charge in [0.2, 0.25) is 5.88 Å². The summed E-state index contributed by atoms with van der Waals surface area (Å²) in [5.74, 6) is 0.817. The zero-order valence-electron chi connectivity index (χ0n) is 15.6. The third kappa shape index (κ3) is 2.94. The number of carbonyl (C=O) groups is 1. The molecule has 0 fully saturated rings. The molecule has 8 nitrogen and oxygen atoms in total. The molecule has 3 aromatic rings. The van der Waals surface area contributed by atoms with E-state index in [0.717, 1.165) is 11.1 Å². The first kappa shape index (κ1) is 17.6. The second kappa shape index (κ2) is 7.07. The van der Waals surface area contributed by atoms with Crippen LogP contribution in [0.15, 0.2) is 36.5 Å². The van der Waals surface area contributed by atoms with Crippen molar-refractivity contribution in [3.8, 4) is 28.9 Å². The predicted octanol–water partition coefficient (Wildman–Crippen LogP) is 2.99. The minimum absolute atomic E-state index is 0.181. The highest BCUT2D eigenvalue weighted by atomic mass is 16.5. The number of ether oxygens (including phenoxy) is 3. The number of nitrogens with one attached hydrogen (secondary N) is 2. The molecule has 0 atom stereocenters. The summed E-state index contributed by atoms with van der Waals surface area (Å²) in [5, 5.41) is 2.90. The third-order valence-electron chi connectivity index (χ3n) is 4.42. The van der Waals surface area contributed by atoms with Crippen molar-refractivity contribution in [3.63, 3.8) is 0 Å². The number of aromatic amines is 1. The van der Waals surface area contributed by atoms with Crippen LogP contribution < -0.4 is 19.5 Å². The molecule has 0 saturated carbocycles. The van der Waals surface area contributed by atoms with Crippen LogP contribution in [0.25, 0.3) is 22.9 Å². The van der Waals surface area contributed by atoms with Crippen LogP contribution in [0.1, 0.15) is 11.3 Å². The smallest absolute Gasteiger partial charge is 0.320 e. The Bertz CT molecular complexity index is 1070. The van der Waals surface area contributed by atoms with Gasteiger partial charge in [0.25, 0.3) is 5.91 Å². The lowest BCUT2D eigenvalue weighted by Gasteiger charge is -2.10. The zero-order chi connectivity index (χ0) is 19.7. The predicted molar refractivity (Wildman–Crippen MR) is 104 cm³/mol. The maximum absolute atomic E-state index is 12.7. The first-order valence-electron chi connectivity index (χ1n) is 8.50. The highest BCUT2D eigenvalue weighted by molar-refractivity contribution is 6.36. The average Bonchev–Trinajstić information content (AvgIpc) is 3.31. The van der Waals surface area contributed by atoms with E-state index in [0.29, 0.717) is 34.3 Å². The van der Waals surface area contributed by atoms with Crippen LogP contribution in [-0.2, 0) is 4.79 Å². The van der Waals surface area contributed by atoms with Crippen LogP contribution >= 0.6 is 0 Å². The number of rotatable bonds is 5. The van der Waals surface area contributed by atoms with Gasteiger partial charge in [0, 0.05) is 29.1 Å². The van der Waals surface area contributed by atoms with E-state index in [2.05, 4.69) is 20.3 Å². The Morgan fingerprint density at radius 3 is 2.64 bits per heavy atom. The fourth-order valence-corrected chi connectivity index (χ4v) is 3.14. The van der Waals surface area contributed by atoms with Gasteiger partial charge < -0.3 is 24.5 Å². The van der Waals surface area contributed by atoms with E-state index >= 15 is 0 Å². The van der Waals surface area contributed by atoms with Crippen LogP contribution in [0, 0.1) is 0 Å². The molecule has 0 aliphatic carbocycles. The average molecular weight is 378 g/mol. The van der Waals surface area contributed by atoms with Crippen LogP contribution in [-0.4, -0.2) is 42.2 Å². The highest BCUT2D eigenvalue weighted by Gasteiger charge is 2.28. The summed E-state index contributed by atoms with van der Waals surface area (Å²) < 4.78 is 15.8. The summed E-state index contributed by atoms with van der Waals surface area (Å²) in [6.45, 7) is 0. The van der Waals surface area contributed by atoms with Gasteiger partial charge in [-0.15, -0.1) is 0 Å². The van der Waals surface area contributed by atoms with Gasteiger partial charge in [-0.2, -0.15) is 9.97 Å². The number of hydrogen-bond acceptors (Lipinski definition) is 6. The quantitative estimate of drug-likeness (QED) is 0.663. The monoisotopic (exact) mass is 378 g/mol. The Kier molecular flexibility index (Phi) is 4.44. The Balaban J connectivity index is 1.91. The number of methoxy groups -OCH3 is 3. The Labute approximate surface area is 161 Å². The summed E-state index contributed by atoms with van der Waals surface area (Å²) in [5.41, 5.74) is 3.99. The highest BCUT2D eigenvalue weighted by Crippen LogP contribution is 2.41. The van der Waals surface area contributed by atoms with Gasteiger partial charge in [-0.05, 0) is 18.2 Å². The Hall–Kier alpha value is -3.81. The number of hydrogen-bond donors (Lipinski definition) is 2. The van der Waals surface area contributed by atoms with Gasteiger partial charge in [0.1, 0.15) is 5.75 Å². The molecule has 1 aliphatic rings. The second-order valence-electron chi connectivity index (χ2n) is 5.98. The minimum Gasteiger partial charge on any atom is -0.495 e. The Morgan fingerprint density at radius 1 is 1.04 bits per heavy atom. The largest absolute Gasteiger partial charge is 0.495 e. The molecule has 8 heteroatoms. The SMILES string of the molecule is COc1cc(-c2cccc3c2/C(=C/c2[nH]ccc2OC)C(=O)N3)nc(OC)n1. The van der Waals surface area contributed by atoms with Crippen molar-refractivity contribution in [2.45, 2.75) is 0 Å². The molecule has 0 radical (unpaired) electrons. The number of fused-ring (bicyclic) bond motifs is 1. The van der Waals surface area contributed by atoms with Gasteiger partial charge in [0.05, 0.1) is 38.3 Å². The van der Waals surface area contributed by atoms with Gasteiger partial charge in [-0.3, -0.25) is 4.79 Å². The first-order valence-corrected chi connectivity index (χ1v) is 8.50. The number of H-pyrrole nitrogens is 1. The molecule has 0 saturated heterocycles. The van der Waals surface area contributed by atoms with Gasteiger partial charge in [-0.25, -0.2) is 0 Å².